The van der Waals surface area contributed by atoms with E-state index in [9.17, 15) is 4.79 Å². The van der Waals surface area contributed by atoms with Crippen molar-refractivity contribution in [3.8, 4) is 0 Å². The van der Waals surface area contributed by atoms with Crippen LogP contribution in [0.15, 0.2) is 63.0 Å². The first kappa shape index (κ1) is 17.1. The number of hydrogen-bond donors (Lipinski definition) is 1. The lowest BCUT2D eigenvalue weighted by Gasteiger charge is -2.04. The second-order valence-electron chi connectivity index (χ2n) is 4.49. The third-order valence-corrected chi connectivity index (χ3v) is 4.53. The maximum absolute atomic E-state index is 11.8. The van der Waals surface area contributed by atoms with Crippen molar-refractivity contribution in [1.29, 1.82) is 0 Å². The number of thioether (sulfide) groups is 1. The van der Waals surface area contributed by atoms with Gasteiger partial charge in [0.05, 0.1) is 11.5 Å². The van der Waals surface area contributed by atoms with Crippen LogP contribution in [-0.2, 0) is 4.79 Å². The van der Waals surface area contributed by atoms with E-state index in [1.807, 2.05) is 43.3 Å². The van der Waals surface area contributed by atoms with E-state index in [2.05, 4.69) is 26.5 Å². The van der Waals surface area contributed by atoms with Crippen molar-refractivity contribution in [3.05, 3.63) is 63.6 Å². The van der Waals surface area contributed by atoms with Gasteiger partial charge in [0, 0.05) is 14.4 Å². The van der Waals surface area contributed by atoms with E-state index in [-0.39, 0.29) is 5.91 Å². The maximum atomic E-state index is 11.8. The third-order valence-electron chi connectivity index (χ3n) is 2.77. The third kappa shape index (κ3) is 5.48. The maximum Gasteiger partial charge on any atom is 0.250 e. The van der Waals surface area contributed by atoms with E-state index in [0.29, 0.717) is 10.8 Å². The summed E-state index contributed by atoms with van der Waals surface area (Å²) in [5, 5.41) is 4.81. The minimum atomic E-state index is -0.144. The normalized spacial score (nSPS) is 11.3. The molecule has 2 aromatic carbocycles. The molecule has 0 spiro atoms. The molecule has 0 atom stereocenters. The first-order valence-corrected chi connectivity index (χ1v) is 8.67. The monoisotopic (exact) mass is 396 g/mol. The van der Waals surface area contributed by atoms with Gasteiger partial charge in [0.25, 0.3) is 0 Å². The zero-order chi connectivity index (χ0) is 15.9. The number of hydrogen-bond acceptors (Lipinski definition) is 3. The highest BCUT2D eigenvalue weighted by Gasteiger charge is 2.03. The van der Waals surface area contributed by atoms with Gasteiger partial charge in [-0.1, -0.05) is 39.7 Å². The van der Waals surface area contributed by atoms with Gasteiger partial charge >= 0.3 is 0 Å². The van der Waals surface area contributed by atoms with Gasteiger partial charge in [0.1, 0.15) is 0 Å². The first-order valence-electron chi connectivity index (χ1n) is 6.52. The van der Waals surface area contributed by atoms with Crippen LogP contribution in [0.3, 0.4) is 0 Å². The Morgan fingerprint density at radius 2 is 2.00 bits per heavy atom. The molecule has 3 nitrogen and oxygen atoms in total. The Kier molecular flexibility index (Phi) is 6.49. The first-order chi connectivity index (χ1) is 10.5. The zero-order valence-corrected chi connectivity index (χ0v) is 15.0. The molecule has 1 amide bonds. The van der Waals surface area contributed by atoms with Crippen molar-refractivity contribution in [2.75, 3.05) is 5.75 Å². The zero-order valence-electron chi connectivity index (χ0n) is 11.8. The standard InChI is InChI=1S/C16H14BrClN2OS/c1-11(12-3-2-4-13(17)9-12)19-20-16(21)10-22-15-7-5-14(18)6-8-15/h2-9H,10H2,1H3,(H,20,21)/b19-11-. The topological polar surface area (TPSA) is 41.5 Å². The van der Waals surface area contributed by atoms with E-state index < -0.39 is 0 Å². The molecule has 0 saturated heterocycles. The SMILES string of the molecule is C/C(=N/NC(=O)CSc1ccc(Cl)cc1)c1cccc(Br)c1. The van der Waals surface area contributed by atoms with Gasteiger partial charge in [-0.3, -0.25) is 4.79 Å². The number of benzene rings is 2. The summed E-state index contributed by atoms with van der Waals surface area (Å²) in [7, 11) is 0. The molecule has 0 bridgehead atoms. The molecule has 6 heteroatoms. The highest BCUT2D eigenvalue weighted by atomic mass is 79.9. The van der Waals surface area contributed by atoms with Crippen LogP contribution in [0.2, 0.25) is 5.02 Å². The lowest BCUT2D eigenvalue weighted by Crippen LogP contribution is -2.21. The second-order valence-corrected chi connectivity index (χ2v) is 6.89. The molecule has 0 unspecified atom stereocenters. The van der Waals surface area contributed by atoms with Gasteiger partial charge in [-0.05, 0) is 48.9 Å². The van der Waals surface area contributed by atoms with Crippen LogP contribution < -0.4 is 5.43 Å². The quantitative estimate of drug-likeness (QED) is 0.450. The van der Waals surface area contributed by atoms with Crippen LogP contribution in [0.4, 0.5) is 0 Å². The molecule has 0 radical (unpaired) electrons. The fraction of sp³-hybridized carbons (Fsp3) is 0.125. The van der Waals surface area contributed by atoms with Crippen molar-refractivity contribution < 1.29 is 4.79 Å². The number of amides is 1. The second kappa shape index (κ2) is 8.36. The molecule has 2 aromatic rings. The van der Waals surface area contributed by atoms with Crippen molar-refractivity contribution in [2.45, 2.75) is 11.8 Å². The van der Waals surface area contributed by atoms with Gasteiger partial charge in [-0.25, -0.2) is 5.43 Å². The molecule has 22 heavy (non-hydrogen) atoms. The molecule has 0 aliphatic rings. The number of carbonyl (C=O) groups is 1. The Labute approximate surface area is 147 Å². The largest absolute Gasteiger partial charge is 0.272 e. The van der Waals surface area contributed by atoms with Crippen LogP contribution in [0.5, 0.6) is 0 Å². The number of rotatable bonds is 5. The molecular weight excluding hydrogens is 384 g/mol. The molecule has 114 valence electrons. The molecule has 0 aliphatic heterocycles. The lowest BCUT2D eigenvalue weighted by atomic mass is 10.1. The Bertz CT molecular complexity index is 689. The number of nitrogens with one attached hydrogen (secondary N) is 1. The van der Waals surface area contributed by atoms with E-state index in [1.54, 1.807) is 12.1 Å². The summed E-state index contributed by atoms with van der Waals surface area (Å²) in [6, 6.07) is 15.1. The fourth-order valence-electron chi connectivity index (χ4n) is 1.64. The van der Waals surface area contributed by atoms with Gasteiger partial charge < -0.3 is 0 Å². The van der Waals surface area contributed by atoms with Gasteiger partial charge in [-0.2, -0.15) is 5.10 Å². The van der Waals surface area contributed by atoms with E-state index in [1.165, 1.54) is 11.8 Å². The van der Waals surface area contributed by atoms with Gasteiger partial charge in [0.2, 0.25) is 5.91 Å². The Balaban J connectivity index is 1.86. The average molecular weight is 398 g/mol. The van der Waals surface area contributed by atoms with Crippen LogP contribution in [0.1, 0.15) is 12.5 Å². The molecular formula is C16H14BrClN2OS. The van der Waals surface area contributed by atoms with Crippen LogP contribution >= 0.6 is 39.3 Å². The Morgan fingerprint density at radius 1 is 1.27 bits per heavy atom. The van der Waals surface area contributed by atoms with Gasteiger partial charge in [0.15, 0.2) is 0 Å². The van der Waals surface area contributed by atoms with Crippen molar-refractivity contribution in [3.63, 3.8) is 0 Å². The predicted octanol–water partition coefficient (Wildman–Crippen LogP) is 4.74. The van der Waals surface area contributed by atoms with Crippen LogP contribution in [-0.4, -0.2) is 17.4 Å². The lowest BCUT2D eigenvalue weighted by molar-refractivity contribution is -0.118. The summed E-state index contributed by atoms with van der Waals surface area (Å²) in [4.78, 5) is 12.8. The molecule has 0 aliphatic carbocycles. The van der Waals surface area contributed by atoms with Crippen molar-refractivity contribution in [1.82, 2.24) is 5.43 Å². The number of hydrazone groups is 1. The molecule has 1 N–H and O–H groups in total. The molecule has 0 aromatic heterocycles. The number of nitrogens with zero attached hydrogens (tertiary/aromatic N) is 1. The summed E-state index contributed by atoms with van der Waals surface area (Å²) in [6.45, 7) is 1.86. The van der Waals surface area contributed by atoms with Crippen LogP contribution in [0, 0.1) is 0 Å². The van der Waals surface area contributed by atoms with Crippen molar-refractivity contribution in [2.24, 2.45) is 5.10 Å². The number of halogens is 2. The molecule has 0 heterocycles. The summed E-state index contributed by atoms with van der Waals surface area (Å²) in [6.07, 6.45) is 0. The molecule has 0 saturated carbocycles. The smallest absolute Gasteiger partial charge is 0.250 e. The summed E-state index contributed by atoms with van der Waals surface area (Å²) < 4.78 is 0.976. The van der Waals surface area contributed by atoms with Crippen molar-refractivity contribution >= 4 is 50.9 Å². The molecule has 0 fully saturated rings. The highest BCUT2D eigenvalue weighted by molar-refractivity contribution is 9.10. The fourth-order valence-corrected chi connectivity index (χ4v) is 2.85. The summed E-state index contributed by atoms with van der Waals surface area (Å²) in [5.41, 5.74) is 4.28. The highest BCUT2D eigenvalue weighted by Crippen LogP contribution is 2.20. The van der Waals surface area contributed by atoms with E-state index >= 15 is 0 Å². The summed E-state index contributed by atoms with van der Waals surface area (Å²) in [5.74, 6) is 0.158. The van der Waals surface area contributed by atoms with Crippen LogP contribution in [0.25, 0.3) is 0 Å². The van der Waals surface area contributed by atoms with Gasteiger partial charge in [-0.15, -0.1) is 11.8 Å². The Hall–Kier alpha value is -1.30. The predicted molar refractivity (Wildman–Crippen MR) is 96.7 cm³/mol. The Morgan fingerprint density at radius 3 is 2.68 bits per heavy atom. The number of carbonyl (C=O) groups excluding carboxylic acids is 1. The molecule has 2 rings (SSSR count). The minimum Gasteiger partial charge on any atom is -0.272 e. The summed E-state index contributed by atoms with van der Waals surface area (Å²) >= 11 is 10.7. The van der Waals surface area contributed by atoms with E-state index in [4.69, 9.17) is 11.6 Å². The minimum absolute atomic E-state index is 0.144. The average Bonchev–Trinajstić information content (AvgIpc) is 2.52. The van der Waals surface area contributed by atoms with E-state index in [0.717, 1.165) is 20.6 Å².